The van der Waals surface area contributed by atoms with E-state index < -0.39 is 0 Å². The molecule has 2 rings (SSSR count). The number of anilines is 1. The van der Waals surface area contributed by atoms with Gasteiger partial charge in [-0.05, 0) is 17.4 Å². The average molecular weight is 233 g/mol. The number of aromatic nitrogens is 2. The van der Waals surface area contributed by atoms with Gasteiger partial charge in [0.05, 0.1) is 11.3 Å². The van der Waals surface area contributed by atoms with Gasteiger partial charge >= 0.3 is 0 Å². The number of benzene rings is 1. The molecule has 84 valence electrons. The van der Waals surface area contributed by atoms with Crippen LogP contribution in [0.1, 0.15) is 19.7 Å². The number of para-hydroxylation sites is 1. The van der Waals surface area contributed by atoms with Crippen LogP contribution in [-0.4, -0.2) is 15.2 Å². The standard InChI is InChI=1S/C12H15N3S/c1-8(2)16-7-11-14-10-6-4-3-5-9(10)12(13)15-11/h3-6,8H,7H2,1-2H3,(H2,13,14,15). The highest BCUT2D eigenvalue weighted by Gasteiger charge is 2.05. The fraction of sp³-hybridized carbons (Fsp3) is 0.333. The number of fused-ring (bicyclic) bond motifs is 1. The van der Waals surface area contributed by atoms with E-state index >= 15 is 0 Å². The van der Waals surface area contributed by atoms with Crippen molar-refractivity contribution in [2.24, 2.45) is 0 Å². The zero-order valence-electron chi connectivity index (χ0n) is 9.47. The molecule has 1 heterocycles. The van der Waals surface area contributed by atoms with Gasteiger partial charge in [-0.3, -0.25) is 0 Å². The van der Waals surface area contributed by atoms with E-state index in [4.69, 9.17) is 5.73 Å². The van der Waals surface area contributed by atoms with E-state index in [-0.39, 0.29) is 0 Å². The second kappa shape index (κ2) is 4.70. The highest BCUT2D eigenvalue weighted by molar-refractivity contribution is 7.99. The first kappa shape index (κ1) is 11.2. The third kappa shape index (κ3) is 2.44. The molecular weight excluding hydrogens is 218 g/mol. The summed E-state index contributed by atoms with van der Waals surface area (Å²) < 4.78 is 0. The summed E-state index contributed by atoms with van der Waals surface area (Å²) >= 11 is 1.82. The van der Waals surface area contributed by atoms with Crippen molar-refractivity contribution < 1.29 is 0 Å². The first-order valence-electron chi connectivity index (χ1n) is 5.29. The number of hydrogen-bond acceptors (Lipinski definition) is 4. The SMILES string of the molecule is CC(C)SCc1nc(N)c2ccccc2n1. The molecule has 4 heteroatoms. The highest BCUT2D eigenvalue weighted by Crippen LogP contribution is 2.20. The van der Waals surface area contributed by atoms with E-state index in [9.17, 15) is 0 Å². The molecule has 0 radical (unpaired) electrons. The third-order valence-corrected chi connectivity index (χ3v) is 3.32. The molecule has 0 aliphatic heterocycles. The molecule has 0 saturated carbocycles. The fourth-order valence-electron chi connectivity index (χ4n) is 1.46. The van der Waals surface area contributed by atoms with Gasteiger partial charge < -0.3 is 5.73 Å². The van der Waals surface area contributed by atoms with Gasteiger partial charge in [0.25, 0.3) is 0 Å². The summed E-state index contributed by atoms with van der Waals surface area (Å²) in [6.45, 7) is 4.32. The molecule has 0 aliphatic carbocycles. The molecular formula is C12H15N3S. The maximum atomic E-state index is 5.90. The minimum absolute atomic E-state index is 0.574. The van der Waals surface area contributed by atoms with Gasteiger partial charge in [-0.25, -0.2) is 9.97 Å². The summed E-state index contributed by atoms with van der Waals surface area (Å²) in [4.78, 5) is 8.82. The van der Waals surface area contributed by atoms with Crippen molar-refractivity contribution >= 4 is 28.5 Å². The normalized spacial score (nSPS) is 11.2. The third-order valence-electron chi connectivity index (χ3n) is 2.22. The van der Waals surface area contributed by atoms with Gasteiger partial charge in [-0.1, -0.05) is 26.0 Å². The van der Waals surface area contributed by atoms with Crippen LogP contribution in [0.4, 0.5) is 5.82 Å². The first-order chi connectivity index (χ1) is 7.66. The molecule has 2 aromatic rings. The van der Waals surface area contributed by atoms with Crippen molar-refractivity contribution in [2.75, 3.05) is 5.73 Å². The van der Waals surface area contributed by atoms with Crippen molar-refractivity contribution in [1.29, 1.82) is 0 Å². The van der Waals surface area contributed by atoms with Gasteiger partial charge in [0.1, 0.15) is 11.6 Å². The number of hydrogen-bond donors (Lipinski definition) is 1. The van der Waals surface area contributed by atoms with E-state index in [1.54, 1.807) is 0 Å². The maximum Gasteiger partial charge on any atom is 0.141 e. The molecule has 0 fully saturated rings. The second-order valence-corrected chi connectivity index (χ2v) is 5.47. The molecule has 1 aromatic carbocycles. The van der Waals surface area contributed by atoms with Crippen molar-refractivity contribution in [1.82, 2.24) is 9.97 Å². The Kier molecular flexibility index (Phi) is 3.29. The average Bonchev–Trinajstić information content (AvgIpc) is 2.26. The number of nitrogens with zero attached hydrogens (tertiary/aromatic N) is 2. The van der Waals surface area contributed by atoms with Crippen LogP contribution in [0, 0.1) is 0 Å². The number of nitrogen functional groups attached to an aromatic ring is 1. The monoisotopic (exact) mass is 233 g/mol. The van der Waals surface area contributed by atoms with Crippen LogP contribution in [0.25, 0.3) is 10.9 Å². The molecule has 0 spiro atoms. The molecule has 0 unspecified atom stereocenters. The summed E-state index contributed by atoms with van der Waals surface area (Å²) in [5.74, 6) is 2.20. The minimum Gasteiger partial charge on any atom is -0.383 e. The van der Waals surface area contributed by atoms with Gasteiger partial charge in [0, 0.05) is 5.39 Å². The van der Waals surface area contributed by atoms with Gasteiger partial charge in [-0.15, -0.1) is 0 Å². The summed E-state index contributed by atoms with van der Waals surface area (Å²) in [5.41, 5.74) is 6.83. The Morgan fingerprint density at radius 1 is 1.25 bits per heavy atom. The molecule has 1 aromatic heterocycles. The predicted octanol–water partition coefficient (Wildman–Crippen LogP) is 2.85. The largest absolute Gasteiger partial charge is 0.383 e. The summed E-state index contributed by atoms with van der Waals surface area (Å²) in [5, 5.41) is 1.51. The number of rotatable bonds is 3. The van der Waals surface area contributed by atoms with Crippen molar-refractivity contribution in [2.45, 2.75) is 24.9 Å². The Morgan fingerprint density at radius 3 is 2.75 bits per heavy atom. The predicted molar refractivity (Wildman–Crippen MR) is 70.4 cm³/mol. The molecule has 0 amide bonds. The molecule has 16 heavy (non-hydrogen) atoms. The zero-order chi connectivity index (χ0) is 11.5. The van der Waals surface area contributed by atoms with E-state index in [0.717, 1.165) is 22.5 Å². The van der Waals surface area contributed by atoms with Gasteiger partial charge in [-0.2, -0.15) is 11.8 Å². The Hall–Kier alpha value is -1.29. The number of thioether (sulfide) groups is 1. The van der Waals surface area contributed by atoms with Crippen LogP contribution < -0.4 is 5.73 Å². The van der Waals surface area contributed by atoms with Crippen LogP contribution in [0.5, 0.6) is 0 Å². The van der Waals surface area contributed by atoms with Gasteiger partial charge in [0.15, 0.2) is 0 Å². The highest BCUT2D eigenvalue weighted by atomic mass is 32.2. The number of nitrogens with two attached hydrogens (primary N) is 1. The topological polar surface area (TPSA) is 51.8 Å². The first-order valence-corrected chi connectivity index (χ1v) is 6.34. The molecule has 0 atom stereocenters. The summed E-state index contributed by atoms with van der Waals surface area (Å²) in [6, 6.07) is 7.83. The lowest BCUT2D eigenvalue weighted by Gasteiger charge is -2.06. The van der Waals surface area contributed by atoms with Crippen LogP contribution in [0.2, 0.25) is 0 Å². The van der Waals surface area contributed by atoms with Crippen molar-refractivity contribution in [3.8, 4) is 0 Å². The van der Waals surface area contributed by atoms with E-state index in [2.05, 4.69) is 23.8 Å². The second-order valence-electron chi connectivity index (χ2n) is 3.90. The van der Waals surface area contributed by atoms with E-state index in [1.165, 1.54) is 0 Å². The molecule has 2 N–H and O–H groups in total. The van der Waals surface area contributed by atoms with Gasteiger partial charge in [0.2, 0.25) is 0 Å². The Bertz CT molecular complexity index is 497. The van der Waals surface area contributed by atoms with Crippen LogP contribution in [-0.2, 0) is 5.75 Å². The quantitative estimate of drug-likeness (QED) is 0.885. The molecule has 0 bridgehead atoms. The maximum absolute atomic E-state index is 5.90. The van der Waals surface area contributed by atoms with Crippen LogP contribution >= 0.6 is 11.8 Å². The zero-order valence-corrected chi connectivity index (χ0v) is 10.3. The molecule has 0 aliphatic rings. The summed E-state index contributed by atoms with van der Waals surface area (Å²) in [6.07, 6.45) is 0. The fourth-order valence-corrected chi connectivity index (χ4v) is 2.07. The van der Waals surface area contributed by atoms with Crippen LogP contribution in [0.15, 0.2) is 24.3 Å². The van der Waals surface area contributed by atoms with Crippen LogP contribution in [0.3, 0.4) is 0 Å². The lowest BCUT2D eigenvalue weighted by atomic mass is 10.2. The van der Waals surface area contributed by atoms with Crippen molar-refractivity contribution in [3.63, 3.8) is 0 Å². The Balaban J connectivity index is 2.34. The van der Waals surface area contributed by atoms with E-state index in [1.807, 2.05) is 36.0 Å². The molecule has 0 saturated heterocycles. The Labute approximate surface area is 99.5 Å². The van der Waals surface area contributed by atoms with E-state index in [0.29, 0.717) is 11.1 Å². The lowest BCUT2D eigenvalue weighted by molar-refractivity contribution is 1.05. The summed E-state index contributed by atoms with van der Waals surface area (Å²) in [7, 11) is 0. The smallest absolute Gasteiger partial charge is 0.141 e. The Morgan fingerprint density at radius 2 is 2.00 bits per heavy atom. The molecule has 3 nitrogen and oxygen atoms in total. The minimum atomic E-state index is 0.574. The van der Waals surface area contributed by atoms with Crippen molar-refractivity contribution in [3.05, 3.63) is 30.1 Å². The lowest BCUT2D eigenvalue weighted by Crippen LogP contribution is -2.01.